The Balaban J connectivity index is 1.89. The molecule has 0 fully saturated rings. The van der Waals surface area contributed by atoms with E-state index in [-0.39, 0.29) is 11.8 Å². The van der Waals surface area contributed by atoms with Crippen LogP contribution in [0.4, 0.5) is 0 Å². The Morgan fingerprint density at radius 2 is 1.71 bits per heavy atom. The van der Waals surface area contributed by atoms with Crippen molar-refractivity contribution in [2.75, 3.05) is 0 Å². The average Bonchev–Trinajstić information content (AvgIpc) is 2.71. The minimum Gasteiger partial charge on any atom is -0.349 e. The van der Waals surface area contributed by atoms with Crippen LogP contribution in [0.3, 0.4) is 0 Å². The molecular formula is C26H27N3O2. The van der Waals surface area contributed by atoms with Gasteiger partial charge < -0.3 is 10.2 Å². The van der Waals surface area contributed by atoms with Crippen LogP contribution in [0, 0.1) is 0 Å². The summed E-state index contributed by atoms with van der Waals surface area (Å²) >= 11 is 0. The second kappa shape index (κ2) is 7.65. The third kappa shape index (κ3) is 4.08. The predicted molar refractivity (Wildman–Crippen MR) is 124 cm³/mol. The molecule has 1 aliphatic heterocycles. The number of fused-ring (bicyclic) bond motifs is 2. The maximum Gasteiger partial charge on any atom is 0.248 e. The molecule has 0 saturated carbocycles. The van der Waals surface area contributed by atoms with Gasteiger partial charge in [0.25, 0.3) is 0 Å². The van der Waals surface area contributed by atoms with Crippen molar-refractivity contribution >= 4 is 28.3 Å². The highest BCUT2D eigenvalue weighted by molar-refractivity contribution is 5.95. The summed E-state index contributed by atoms with van der Waals surface area (Å²) in [5.41, 5.74) is 5.00. The van der Waals surface area contributed by atoms with E-state index in [4.69, 9.17) is 4.98 Å². The van der Waals surface area contributed by atoms with Crippen LogP contribution in [0.15, 0.2) is 60.8 Å². The van der Waals surface area contributed by atoms with Gasteiger partial charge in [0.05, 0.1) is 11.2 Å². The number of amides is 2. The minimum absolute atomic E-state index is 0.183. The highest BCUT2D eigenvalue weighted by atomic mass is 16.2. The molecule has 1 aromatic heterocycles. The van der Waals surface area contributed by atoms with Crippen LogP contribution in [-0.2, 0) is 9.59 Å². The summed E-state index contributed by atoms with van der Waals surface area (Å²) in [5, 5.41) is 3.96. The standard InChI is InChI=1S/C26H27N3O2/c1-16-15-29(17(2)30)24(25(31)28-26(3,4)5)21-14-20-13-19(18-9-7-6-8-10-18)11-12-22(20)27-23(16)21/h6-15,24H,1-5H3,(H,28,31). The number of allylic oxidation sites excluding steroid dienone is 1. The van der Waals surface area contributed by atoms with Crippen LogP contribution in [0.5, 0.6) is 0 Å². The molecule has 0 saturated heterocycles. The van der Waals surface area contributed by atoms with Gasteiger partial charge in [-0.05, 0) is 62.6 Å². The summed E-state index contributed by atoms with van der Waals surface area (Å²) in [6.07, 6.45) is 1.73. The molecule has 2 heterocycles. The Bertz CT molecular complexity index is 1210. The quantitative estimate of drug-likeness (QED) is 0.637. The first-order valence-corrected chi connectivity index (χ1v) is 10.4. The highest BCUT2D eigenvalue weighted by Gasteiger charge is 2.36. The van der Waals surface area contributed by atoms with E-state index in [1.54, 1.807) is 6.20 Å². The number of nitrogens with zero attached hydrogens (tertiary/aromatic N) is 2. The second-order valence-corrected chi connectivity index (χ2v) is 9.08. The summed E-state index contributed by atoms with van der Waals surface area (Å²) in [4.78, 5) is 32.1. The predicted octanol–water partition coefficient (Wildman–Crippen LogP) is 5.08. The van der Waals surface area contributed by atoms with E-state index in [1.165, 1.54) is 11.8 Å². The normalized spacial score (nSPS) is 16.0. The van der Waals surface area contributed by atoms with Gasteiger partial charge in [-0.25, -0.2) is 4.98 Å². The molecule has 1 unspecified atom stereocenters. The monoisotopic (exact) mass is 413 g/mol. The lowest BCUT2D eigenvalue weighted by Gasteiger charge is -2.35. The molecule has 4 rings (SSSR count). The first kappa shape index (κ1) is 20.8. The van der Waals surface area contributed by atoms with Gasteiger partial charge in [0.15, 0.2) is 0 Å². The summed E-state index contributed by atoms with van der Waals surface area (Å²) in [6, 6.07) is 17.5. The summed E-state index contributed by atoms with van der Waals surface area (Å²) in [6.45, 7) is 9.19. The number of pyridine rings is 1. The van der Waals surface area contributed by atoms with Gasteiger partial charge in [-0.1, -0.05) is 36.4 Å². The van der Waals surface area contributed by atoms with Gasteiger partial charge in [-0.2, -0.15) is 0 Å². The number of carbonyl (C=O) groups is 2. The van der Waals surface area contributed by atoms with Gasteiger partial charge >= 0.3 is 0 Å². The van der Waals surface area contributed by atoms with Crippen molar-refractivity contribution in [2.24, 2.45) is 0 Å². The van der Waals surface area contributed by atoms with E-state index in [9.17, 15) is 9.59 Å². The lowest BCUT2D eigenvalue weighted by atomic mass is 9.92. The lowest BCUT2D eigenvalue weighted by molar-refractivity contribution is -0.137. The van der Waals surface area contributed by atoms with E-state index in [2.05, 4.69) is 29.6 Å². The van der Waals surface area contributed by atoms with Crippen molar-refractivity contribution in [2.45, 2.75) is 46.2 Å². The van der Waals surface area contributed by atoms with Gasteiger partial charge in [-0.3, -0.25) is 9.59 Å². The summed E-state index contributed by atoms with van der Waals surface area (Å²) in [7, 11) is 0. The van der Waals surface area contributed by atoms with Gasteiger partial charge in [0.1, 0.15) is 6.04 Å². The fourth-order valence-electron chi connectivity index (χ4n) is 4.00. The molecule has 1 aliphatic rings. The van der Waals surface area contributed by atoms with Crippen molar-refractivity contribution in [3.8, 4) is 11.1 Å². The fraction of sp³-hybridized carbons (Fsp3) is 0.269. The minimum atomic E-state index is -0.757. The average molecular weight is 414 g/mol. The van der Waals surface area contributed by atoms with Crippen LogP contribution in [0.2, 0.25) is 0 Å². The maximum absolute atomic E-state index is 13.3. The molecule has 3 aromatic rings. The van der Waals surface area contributed by atoms with E-state index in [0.29, 0.717) is 0 Å². The highest BCUT2D eigenvalue weighted by Crippen LogP contribution is 2.37. The first-order valence-electron chi connectivity index (χ1n) is 10.4. The van der Waals surface area contributed by atoms with E-state index in [0.717, 1.165) is 38.9 Å². The van der Waals surface area contributed by atoms with Crippen molar-refractivity contribution < 1.29 is 9.59 Å². The molecule has 0 spiro atoms. The van der Waals surface area contributed by atoms with Crippen LogP contribution in [0.25, 0.3) is 27.6 Å². The third-order valence-electron chi connectivity index (χ3n) is 5.34. The number of benzene rings is 2. The Morgan fingerprint density at radius 3 is 2.35 bits per heavy atom. The molecule has 0 radical (unpaired) electrons. The SMILES string of the molecule is CC(=O)N1C=C(C)c2nc3ccc(-c4ccccc4)cc3cc2C1C(=O)NC(C)(C)C. The Labute approximate surface area is 182 Å². The van der Waals surface area contributed by atoms with Gasteiger partial charge in [0.2, 0.25) is 11.8 Å². The van der Waals surface area contributed by atoms with E-state index < -0.39 is 11.6 Å². The maximum atomic E-state index is 13.3. The molecule has 2 amide bonds. The number of aromatic nitrogens is 1. The van der Waals surface area contributed by atoms with Crippen LogP contribution in [-0.4, -0.2) is 27.2 Å². The zero-order chi connectivity index (χ0) is 22.3. The lowest BCUT2D eigenvalue weighted by Crippen LogP contribution is -2.48. The van der Waals surface area contributed by atoms with E-state index >= 15 is 0 Å². The Morgan fingerprint density at radius 1 is 1.00 bits per heavy atom. The van der Waals surface area contributed by atoms with E-state index in [1.807, 2.05) is 58.0 Å². The smallest absolute Gasteiger partial charge is 0.248 e. The van der Waals surface area contributed by atoms with Crippen LogP contribution >= 0.6 is 0 Å². The van der Waals surface area contributed by atoms with Crippen molar-refractivity contribution in [3.05, 3.63) is 72.1 Å². The Kier molecular flexibility index (Phi) is 5.13. The Hall–Kier alpha value is -3.47. The molecule has 5 nitrogen and oxygen atoms in total. The van der Waals surface area contributed by atoms with Gasteiger partial charge in [-0.15, -0.1) is 0 Å². The summed E-state index contributed by atoms with van der Waals surface area (Å²) in [5.74, 6) is -0.398. The number of carbonyl (C=O) groups excluding carboxylic acids is 2. The number of nitrogens with one attached hydrogen (secondary N) is 1. The number of hydrogen-bond acceptors (Lipinski definition) is 3. The molecule has 1 atom stereocenters. The fourth-order valence-corrected chi connectivity index (χ4v) is 4.00. The zero-order valence-electron chi connectivity index (χ0n) is 18.6. The van der Waals surface area contributed by atoms with Crippen LogP contribution < -0.4 is 5.32 Å². The van der Waals surface area contributed by atoms with Gasteiger partial charge in [0, 0.05) is 29.6 Å². The molecule has 0 aliphatic carbocycles. The molecule has 31 heavy (non-hydrogen) atoms. The molecule has 158 valence electrons. The molecule has 0 bridgehead atoms. The van der Waals surface area contributed by atoms with Crippen molar-refractivity contribution in [1.82, 2.24) is 15.2 Å². The zero-order valence-corrected chi connectivity index (χ0v) is 18.6. The summed E-state index contributed by atoms with van der Waals surface area (Å²) < 4.78 is 0. The molecule has 1 N–H and O–H groups in total. The van der Waals surface area contributed by atoms with Crippen molar-refractivity contribution in [3.63, 3.8) is 0 Å². The first-order chi connectivity index (χ1) is 14.6. The number of rotatable bonds is 2. The molecule has 2 aromatic carbocycles. The molecule has 5 heteroatoms. The topological polar surface area (TPSA) is 62.3 Å². The number of hydrogen-bond donors (Lipinski definition) is 1. The molecular weight excluding hydrogens is 386 g/mol. The third-order valence-corrected chi connectivity index (χ3v) is 5.34. The van der Waals surface area contributed by atoms with Crippen molar-refractivity contribution in [1.29, 1.82) is 0 Å². The van der Waals surface area contributed by atoms with Crippen LogP contribution in [0.1, 0.15) is 51.9 Å². The second-order valence-electron chi connectivity index (χ2n) is 9.08. The largest absolute Gasteiger partial charge is 0.349 e.